The Morgan fingerprint density at radius 3 is 2.56 bits per heavy atom. The lowest BCUT2D eigenvalue weighted by Crippen LogP contribution is -2.33. The maximum absolute atomic E-state index is 13.0. The maximum Gasteiger partial charge on any atom is 0.254 e. The van der Waals surface area contributed by atoms with Crippen LogP contribution in [0.3, 0.4) is 0 Å². The van der Waals surface area contributed by atoms with Gasteiger partial charge < -0.3 is 15.7 Å². The first-order valence-electron chi connectivity index (χ1n) is 8.97. The number of amides is 1. The molecule has 4 nitrogen and oxygen atoms in total. The van der Waals surface area contributed by atoms with Crippen LogP contribution in [0.2, 0.25) is 5.02 Å². The fourth-order valence-electron chi connectivity index (χ4n) is 3.71. The number of hydrogen-bond donors (Lipinski definition) is 2. The number of nitrogens with two attached hydrogens (primary N) is 1. The summed E-state index contributed by atoms with van der Waals surface area (Å²) in [7, 11) is 0. The summed E-state index contributed by atoms with van der Waals surface area (Å²) in [6.45, 7) is 2.62. The first-order chi connectivity index (χ1) is 13.0. The third-order valence-electron chi connectivity index (χ3n) is 5.24. The number of aryl methyl sites for hydroxylation is 1. The number of carbonyl (C=O) groups excluding carboxylic acids is 1. The second-order valence-corrected chi connectivity index (χ2v) is 7.52. The predicted octanol–water partition coefficient (Wildman–Crippen LogP) is 3.61. The van der Waals surface area contributed by atoms with Crippen LogP contribution in [0.15, 0.2) is 54.6 Å². The van der Waals surface area contributed by atoms with Gasteiger partial charge in [0.15, 0.2) is 0 Å². The number of hydrogen-bond acceptors (Lipinski definition) is 3. The molecule has 0 aliphatic carbocycles. The van der Waals surface area contributed by atoms with Crippen molar-refractivity contribution >= 4 is 28.3 Å². The number of fused-ring (bicyclic) bond motifs is 1. The van der Waals surface area contributed by atoms with Gasteiger partial charge in [0.05, 0.1) is 6.10 Å². The SMILES string of the molecule is Cc1cc(-c2cccc3c(C(=O)N4C[C@@H](N)[C@H](O)C4)cccc23)ccc1Cl. The molecule has 0 bridgehead atoms. The normalized spacial score (nSPS) is 19.6. The molecule has 27 heavy (non-hydrogen) atoms. The number of benzene rings is 3. The molecule has 0 spiro atoms. The van der Waals surface area contributed by atoms with Crippen molar-refractivity contribution < 1.29 is 9.90 Å². The number of likely N-dealkylation sites (tertiary alicyclic amines) is 1. The van der Waals surface area contributed by atoms with Crippen LogP contribution in [0.25, 0.3) is 21.9 Å². The first-order valence-corrected chi connectivity index (χ1v) is 9.34. The van der Waals surface area contributed by atoms with Gasteiger partial charge in [0.2, 0.25) is 0 Å². The van der Waals surface area contributed by atoms with Crippen molar-refractivity contribution in [2.45, 2.75) is 19.1 Å². The molecule has 1 aliphatic rings. The minimum atomic E-state index is -0.670. The van der Waals surface area contributed by atoms with Crippen LogP contribution in [-0.4, -0.2) is 41.1 Å². The first kappa shape index (κ1) is 18.0. The summed E-state index contributed by atoms with van der Waals surface area (Å²) < 4.78 is 0. The van der Waals surface area contributed by atoms with Gasteiger partial charge in [-0.25, -0.2) is 0 Å². The van der Waals surface area contributed by atoms with Crippen molar-refractivity contribution in [3.05, 3.63) is 70.7 Å². The van der Waals surface area contributed by atoms with E-state index in [1.807, 2.05) is 49.4 Å². The Hall–Kier alpha value is -2.40. The van der Waals surface area contributed by atoms with Gasteiger partial charge in [0.1, 0.15) is 0 Å². The van der Waals surface area contributed by atoms with Crippen LogP contribution in [0, 0.1) is 6.92 Å². The van der Waals surface area contributed by atoms with E-state index in [0.717, 1.165) is 32.5 Å². The van der Waals surface area contributed by atoms with Crippen molar-refractivity contribution in [3.63, 3.8) is 0 Å². The van der Waals surface area contributed by atoms with Gasteiger partial charge >= 0.3 is 0 Å². The highest BCUT2D eigenvalue weighted by Crippen LogP contribution is 2.33. The predicted molar refractivity (Wildman–Crippen MR) is 109 cm³/mol. The van der Waals surface area contributed by atoms with E-state index in [1.54, 1.807) is 4.90 Å². The second kappa shape index (κ2) is 6.97. The van der Waals surface area contributed by atoms with Crippen molar-refractivity contribution in [1.82, 2.24) is 4.90 Å². The molecule has 0 unspecified atom stereocenters. The van der Waals surface area contributed by atoms with Gasteiger partial charge in [0.25, 0.3) is 5.91 Å². The van der Waals surface area contributed by atoms with Gasteiger partial charge in [-0.05, 0) is 52.6 Å². The van der Waals surface area contributed by atoms with Crippen LogP contribution < -0.4 is 5.73 Å². The second-order valence-electron chi connectivity index (χ2n) is 7.11. The third kappa shape index (κ3) is 3.21. The Labute approximate surface area is 163 Å². The van der Waals surface area contributed by atoms with E-state index >= 15 is 0 Å². The lowest BCUT2D eigenvalue weighted by atomic mass is 9.94. The quantitative estimate of drug-likeness (QED) is 0.713. The molecule has 3 aromatic carbocycles. The monoisotopic (exact) mass is 380 g/mol. The standard InChI is InChI=1S/C22H21ClN2O2/c1-13-10-14(8-9-19(13)23)15-4-2-6-17-16(15)5-3-7-18(17)22(27)25-11-20(24)21(26)12-25/h2-10,20-21,26H,11-12,24H2,1H3/t20-,21-/m1/s1. The zero-order valence-electron chi connectivity index (χ0n) is 15.0. The average molecular weight is 381 g/mol. The molecule has 1 fully saturated rings. The number of halogens is 1. The topological polar surface area (TPSA) is 66.6 Å². The summed E-state index contributed by atoms with van der Waals surface area (Å²) in [5.41, 5.74) is 9.62. The van der Waals surface area contributed by atoms with E-state index in [2.05, 4.69) is 12.1 Å². The molecule has 1 heterocycles. The number of aliphatic hydroxyl groups is 1. The molecule has 5 heteroatoms. The highest BCUT2D eigenvalue weighted by molar-refractivity contribution is 6.31. The number of rotatable bonds is 2. The van der Waals surface area contributed by atoms with Crippen LogP contribution in [-0.2, 0) is 0 Å². The molecule has 1 amide bonds. The van der Waals surface area contributed by atoms with Gasteiger partial charge in [-0.2, -0.15) is 0 Å². The van der Waals surface area contributed by atoms with E-state index in [0.29, 0.717) is 12.1 Å². The molecule has 3 aromatic rings. The van der Waals surface area contributed by atoms with E-state index in [-0.39, 0.29) is 12.5 Å². The van der Waals surface area contributed by atoms with E-state index in [4.69, 9.17) is 17.3 Å². The van der Waals surface area contributed by atoms with Crippen LogP contribution in [0.1, 0.15) is 15.9 Å². The summed E-state index contributed by atoms with van der Waals surface area (Å²) in [5.74, 6) is -0.1000. The molecular formula is C22H21ClN2O2. The van der Waals surface area contributed by atoms with Crippen molar-refractivity contribution in [2.24, 2.45) is 5.73 Å². The Kier molecular flexibility index (Phi) is 4.64. The maximum atomic E-state index is 13.0. The van der Waals surface area contributed by atoms with Gasteiger partial charge in [0, 0.05) is 29.7 Å². The number of aliphatic hydroxyl groups excluding tert-OH is 1. The summed E-state index contributed by atoms with van der Waals surface area (Å²) in [5, 5.41) is 12.5. The summed E-state index contributed by atoms with van der Waals surface area (Å²) in [4.78, 5) is 14.7. The summed E-state index contributed by atoms with van der Waals surface area (Å²) >= 11 is 6.17. The highest BCUT2D eigenvalue weighted by atomic mass is 35.5. The molecule has 0 aromatic heterocycles. The number of β-amino-alcohol motifs (C(OH)–C–C–N with tert-alkyl or cyclic N) is 1. The minimum Gasteiger partial charge on any atom is -0.390 e. The highest BCUT2D eigenvalue weighted by Gasteiger charge is 2.32. The van der Waals surface area contributed by atoms with Gasteiger partial charge in [-0.3, -0.25) is 4.79 Å². The molecule has 4 rings (SSSR count). The fourth-order valence-corrected chi connectivity index (χ4v) is 3.83. The van der Waals surface area contributed by atoms with Crippen molar-refractivity contribution in [1.29, 1.82) is 0 Å². The molecule has 3 N–H and O–H groups in total. The zero-order valence-corrected chi connectivity index (χ0v) is 15.8. The Morgan fingerprint density at radius 2 is 1.85 bits per heavy atom. The van der Waals surface area contributed by atoms with Crippen molar-refractivity contribution in [3.8, 4) is 11.1 Å². The molecule has 1 saturated heterocycles. The smallest absolute Gasteiger partial charge is 0.254 e. The third-order valence-corrected chi connectivity index (χ3v) is 5.67. The molecule has 1 aliphatic heterocycles. The summed E-state index contributed by atoms with van der Waals surface area (Å²) in [6.07, 6.45) is -0.670. The van der Waals surface area contributed by atoms with Crippen LogP contribution in [0.5, 0.6) is 0 Å². The van der Waals surface area contributed by atoms with Crippen LogP contribution >= 0.6 is 11.6 Å². The Balaban J connectivity index is 1.81. The number of carbonyl (C=O) groups is 1. The number of nitrogens with zero attached hydrogens (tertiary/aromatic N) is 1. The molecule has 138 valence electrons. The summed E-state index contributed by atoms with van der Waals surface area (Å²) in [6, 6.07) is 17.3. The Bertz CT molecular complexity index is 1020. The van der Waals surface area contributed by atoms with E-state index in [9.17, 15) is 9.90 Å². The molecular weight excluding hydrogens is 360 g/mol. The van der Waals surface area contributed by atoms with Gasteiger partial charge in [-0.15, -0.1) is 0 Å². The molecule has 0 saturated carbocycles. The largest absolute Gasteiger partial charge is 0.390 e. The Morgan fingerprint density at radius 1 is 1.11 bits per heavy atom. The van der Waals surface area contributed by atoms with Crippen molar-refractivity contribution in [2.75, 3.05) is 13.1 Å². The lowest BCUT2D eigenvalue weighted by molar-refractivity contribution is 0.0767. The van der Waals surface area contributed by atoms with Crippen LogP contribution in [0.4, 0.5) is 0 Å². The fraction of sp³-hybridized carbons (Fsp3) is 0.227. The minimum absolute atomic E-state index is 0.1000. The van der Waals surface area contributed by atoms with E-state index in [1.165, 1.54) is 0 Å². The lowest BCUT2D eigenvalue weighted by Gasteiger charge is -2.18. The average Bonchev–Trinajstić information content (AvgIpc) is 3.01. The van der Waals surface area contributed by atoms with Gasteiger partial charge in [-0.1, -0.05) is 48.0 Å². The zero-order chi connectivity index (χ0) is 19.1. The molecule has 0 radical (unpaired) electrons. The molecule has 2 atom stereocenters. The van der Waals surface area contributed by atoms with E-state index < -0.39 is 12.1 Å².